The van der Waals surface area contributed by atoms with Crippen LogP contribution in [0.5, 0.6) is 0 Å². The number of hydrogen-bond donors (Lipinski definition) is 2. The number of nitrogens with one attached hydrogen (secondary N) is 1. The van der Waals surface area contributed by atoms with Gasteiger partial charge >= 0.3 is 0 Å². The molecule has 0 atom stereocenters. The number of carbonyl (C=O) groups excluding carboxylic acids is 1. The minimum Gasteiger partial charge on any atom is -0.375 e. The van der Waals surface area contributed by atoms with Crippen molar-refractivity contribution in [3.8, 4) is 11.3 Å². The van der Waals surface area contributed by atoms with Crippen LogP contribution in [0.1, 0.15) is 12.0 Å². The van der Waals surface area contributed by atoms with Crippen molar-refractivity contribution in [3.05, 3.63) is 28.9 Å². The Morgan fingerprint density at radius 2 is 2.22 bits per heavy atom. The van der Waals surface area contributed by atoms with Gasteiger partial charge in [0.05, 0.1) is 11.4 Å². The Balaban J connectivity index is 2.19. The van der Waals surface area contributed by atoms with Crippen LogP contribution in [-0.2, 0) is 11.2 Å². The fraction of sp³-hybridized carbons (Fsp3) is 0.167. The van der Waals surface area contributed by atoms with E-state index in [1.54, 1.807) is 5.38 Å². The number of benzene rings is 1. The Kier molecular flexibility index (Phi) is 2.52. The quantitative estimate of drug-likeness (QED) is 0.830. The Bertz CT molecular complexity index is 638. The monoisotopic (exact) mass is 263 g/mol. The van der Waals surface area contributed by atoms with Crippen LogP contribution in [0.15, 0.2) is 17.5 Å². The van der Waals surface area contributed by atoms with Crippen molar-refractivity contribution in [2.45, 2.75) is 12.8 Å². The molecule has 0 aliphatic carbocycles. The third kappa shape index (κ3) is 1.84. The molecule has 2 heterocycles. The molecular weight excluding hydrogens is 253 g/mol. The standard InChI is InChI=1S/C12H10FN3OS/c13-7-3-6-1-2-10(17)16-11(6)8(4-7)9-5-18-12(14)15-9/h3-5H,1-2H2,(H2,14,15)(H,16,17). The molecule has 4 nitrogen and oxygen atoms in total. The molecule has 0 spiro atoms. The van der Waals surface area contributed by atoms with Crippen molar-refractivity contribution in [2.24, 2.45) is 0 Å². The van der Waals surface area contributed by atoms with Crippen LogP contribution in [0.3, 0.4) is 0 Å². The lowest BCUT2D eigenvalue weighted by atomic mass is 9.97. The van der Waals surface area contributed by atoms with E-state index >= 15 is 0 Å². The molecular formula is C12H10FN3OS. The van der Waals surface area contributed by atoms with E-state index in [1.807, 2.05) is 0 Å². The highest BCUT2D eigenvalue weighted by Gasteiger charge is 2.21. The predicted octanol–water partition coefficient (Wildman–Crippen LogP) is 2.42. The molecule has 3 rings (SSSR count). The minimum atomic E-state index is -0.327. The van der Waals surface area contributed by atoms with Crippen molar-refractivity contribution in [2.75, 3.05) is 11.1 Å². The average Bonchev–Trinajstić information content (AvgIpc) is 2.75. The lowest BCUT2D eigenvalue weighted by molar-refractivity contribution is -0.116. The number of fused-ring (bicyclic) bond motifs is 1. The molecule has 92 valence electrons. The first-order valence-electron chi connectivity index (χ1n) is 5.47. The molecule has 1 aromatic heterocycles. The van der Waals surface area contributed by atoms with E-state index in [-0.39, 0.29) is 11.7 Å². The number of thiazole rings is 1. The molecule has 6 heteroatoms. The Labute approximate surface area is 107 Å². The number of aromatic nitrogens is 1. The van der Waals surface area contributed by atoms with E-state index < -0.39 is 0 Å². The van der Waals surface area contributed by atoms with E-state index in [9.17, 15) is 9.18 Å². The van der Waals surface area contributed by atoms with Gasteiger partial charge in [0.25, 0.3) is 0 Å². The van der Waals surface area contributed by atoms with Crippen LogP contribution >= 0.6 is 11.3 Å². The summed E-state index contributed by atoms with van der Waals surface area (Å²) >= 11 is 1.29. The summed E-state index contributed by atoms with van der Waals surface area (Å²) in [5.74, 6) is -0.384. The first-order valence-corrected chi connectivity index (χ1v) is 6.35. The molecule has 1 aliphatic rings. The Morgan fingerprint density at radius 1 is 1.39 bits per heavy atom. The summed E-state index contributed by atoms with van der Waals surface area (Å²) < 4.78 is 13.6. The van der Waals surface area contributed by atoms with Gasteiger partial charge in [0, 0.05) is 17.4 Å². The zero-order chi connectivity index (χ0) is 12.7. The first-order chi connectivity index (χ1) is 8.63. The molecule has 0 radical (unpaired) electrons. The van der Waals surface area contributed by atoms with Gasteiger partial charge in [0.1, 0.15) is 5.82 Å². The summed E-state index contributed by atoms with van der Waals surface area (Å²) in [4.78, 5) is 15.6. The Morgan fingerprint density at radius 3 is 2.94 bits per heavy atom. The smallest absolute Gasteiger partial charge is 0.224 e. The molecule has 0 fully saturated rings. The second-order valence-corrected chi connectivity index (χ2v) is 5.00. The van der Waals surface area contributed by atoms with Gasteiger partial charge in [0.15, 0.2) is 5.13 Å². The van der Waals surface area contributed by atoms with Crippen LogP contribution in [0.25, 0.3) is 11.3 Å². The van der Waals surface area contributed by atoms with Crippen LogP contribution in [0, 0.1) is 5.82 Å². The fourth-order valence-electron chi connectivity index (χ4n) is 2.07. The summed E-state index contributed by atoms with van der Waals surface area (Å²) in [6, 6.07) is 2.83. The molecule has 0 bridgehead atoms. The zero-order valence-corrected chi connectivity index (χ0v) is 10.2. The van der Waals surface area contributed by atoms with E-state index in [2.05, 4.69) is 10.3 Å². The third-order valence-electron chi connectivity index (χ3n) is 2.87. The first kappa shape index (κ1) is 11.2. The molecule has 1 aliphatic heterocycles. The number of nitrogen functional groups attached to an aromatic ring is 1. The number of nitrogens with two attached hydrogens (primary N) is 1. The summed E-state index contributed by atoms with van der Waals surface area (Å²) in [6.45, 7) is 0. The maximum absolute atomic E-state index is 13.6. The van der Waals surface area contributed by atoms with Crippen LogP contribution in [0.4, 0.5) is 15.2 Å². The van der Waals surface area contributed by atoms with Crippen LogP contribution in [0.2, 0.25) is 0 Å². The van der Waals surface area contributed by atoms with Crippen molar-refractivity contribution in [1.29, 1.82) is 0 Å². The van der Waals surface area contributed by atoms with Gasteiger partial charge in [-0.1, -0.05) is 0 Å². The summed E-state index contributed by atoms with van der Waals surface area (Å²) in [6.07, 6.45) is 0.931. The molecule has 18 heavy (non-hydrogen) atoms. The number of carbonyl (C=O) groups is 1. The zero-order valence-electron chi connectivity index (χ0n) is 9.37. The van der Waals surface area contributed by atoms with Crippen LogP contribution in [-0.4, -0.2) is 10.9 Å². The van der Waals surface area contributed by atoms with Gasteiger partial charge in [-0.2, -0.15) is 0 Å². The topological polar surface area (TPSA) is 68.0 Å². The predicted molar refractivity (Wildman–Crippen MR) is 68.9 cm³/mol. The number of nitrogens with zero attached hydrogens (tertiary/aromatic N) is 1. The van der Waals surface area contributed by atoms with E-state index in [0.29, 0.717) is 34.9 Å². The molecule has 2 aromatic rings. The van der Waals surface area contributed by atoms with Gasteiger partial charge in [-0.3, -0.25) is 4.79 Å². The lowest BCUT2D eigenvalue weighted by Crippen LogP contribution is -2.20. The van der Waals surface area contributed by atoms with Crippen molar-refractivity contribution in [3.63, 3.8) is 0 Å². The molecule has 1 amide bonds. The average molecular weight is 263 g/mol. The van der Waals surface area contributed by atoms with E-state index in [1.165, 1.54) is 23.5 Å². The van der Waals surface area contributed by atoms with Gasteiger partial charge < -0.3 is 11.1 Å². The van der Waals surface area contributed by atoms with Crippen LogP contribution < -0.4 is 11.1 Å². The van der Waals surface area contributed by atoms with Gasteiger partial charge in [-0.15, -0.1) is 11.3 Å². The second kappa shape index (κ2) is 4.06. The van der Waals surface area contributed by atoms with Crippen molar-refractivity contribution < 1.29 is 9.18 Å². The Hall–Kier alpha value is -1.95. The maximum atomic E-state index is 13.6. The number of amides is 1. The number of anilines is 2. The second-order valence-electron chi connectivity index (χ2n) is 4.11. The van der Waals surface area contributed by atoms with E-state index in [0.717, 1.165) is 5.56 Å². The summed E-state index contributed by atoms with van der Waals surface area (Å²) in [5, 5.41) is 4.96. The lowest BCUT2D eigenvalue weighted by Gasteiger charge is -2.19. The molecule has 0 unspecified atom stereocenters. The number of rotatable bonds is 1. The molecule has 1 aromatic carbocycles. The fourth-order valence-corrected chi connectivity index (χ4v) is 2.63. The maximum Gasteiger partial charge on any atom is 0.224 e. The van der Waals surface area contributed by atoms with Gasteiger partial charge in [-0.25, -0.2) is 9.37 Å². The van der Waals surface area contributed by atoms with Crippen molar-refractivity contribution >= 4 is 28.1 Å². The van der Waals surface area contributed by atoms with E-state index in [4.69, 9.17) is 5.73 Å². The number of aryl methyl sites for hydroxylation is 1. The third-order valence-corrected chi connectivity index (χ3v) is 3.54. The highest BCUT2D eigenvalue weighted by molar-refractivity contribution is 7.13. The highest BCUT2D eigenvalue weighted by Crippen LogP contribution is 2.35. The molecule has 0 saturated heterocycles. The highest BCUT2D eigenvalue weighted by atomic mass is 32.1. The SMILES string of the molecule is Nc1nc(-c2cc(F)cc3c2NC(=O)CC3)cs1. The summed E-state index contributed by atoms with van der Waals surface area (Å²) in [7, 11) is 0. The van der Waals surface area contributed by atoms with Gasteiger partial charge in [0.2, 0.25) is 5.91 Å². The minimum absolute atomic E-state index is 0.0569. The molecule has 3 N–H and O–H groups in total. The largest absolute Gasteiger partial charge is 0.375 e. The van der Waals surface area contributed by atoms with Crippen molar-refractivity contribution in [1.82, 2.24) is 4.98 Å². The number of hydrogen-bond acceptors (Lipinski definition) is 4. The summed E-state index contributed by atoms with van der Waals surface area (Å²) in [5.41, 5.74) is 8.22. The normalized spacial score (nSPS) is 14.2. The number of halogens is 1. The molecule has 0 saturated carbocycles. The van der Waals surface area contributed by atoms with Gasteiger partial charge in [-0.05, 0) is 24.1 Å².